The molecule has 2 rings (SSSR count). The van der Waals surface area contributed by atoms with Crippen molar-refractivity contribution >= 4 is 29.0 Å². The molecule has 2 aromatic carbocycles. The predicted molar refractivity (Wildman–Crippen MR) is 99.8 cm³/mol. The van der Waals surface area contributed by atoms with Crippen molar-refractivity contribution in [3.63, 3.8) is 0 Å². The third-order valence-corrected chi connectivity index (χ3v) is 4.63. The average molecular weight is 414 g/mol. The van der Waals surface area contributed by atoms with E-state index in [-0.39, 0.29) is 17.1 Å². The van der Waals surface area contributed by atoms with Crippen molar-refractivity contribution in [1.82, 2.24) is 0 Å². The molecule has 0 aliphatic rings. The molecule has 0 aliphatic heterocycles. The van der Waals surface area contributed by atoms with Gasteiger partial charge < -0.3 is 10.1 Å². The summed E-state index contributed by atoms with van der Waals surface area (Å²) in [5.74, 6) is -0.512. The zero-order chi connectivity index (χ0) is 20.9. The molecule has 0 saturated heterocycles. The Kier molecular flexibility index (Phi) is 6.90. The topological polar surface area (TPSA) is 81.5 Å². The number of benzene rings is 2. The van der Waals surface area contributed by atoms with Crippen LogP contribution in [-0.2, 0) is 4.79 Å². The second-order valence-electron chi connectivity index (χ2n) is 5.90. The lowest BCUT2D eigenvalue weighted by molar-refractivity contribution is -0.384. The predicted octanol–water partition coefficient (Wildman–Crippen LogP) is 4.96. The normalized spacial score (nSPS) is 12.3. The second kappa shape index (κ2) is 8.96. The van der Waals surface area contributed by atoms with Gasteiger partial charge in [0.15, 0.2) is 6.61 Å². The highest BCUT2D eigenvalue weighted by Crippen LogP contribution is 2.30. The van der Waals surface area contributed by atoms with Gasteiger partial charge in [0.1, 0.15) is 5.75 Å². The van der Waals surface area contributed by atoms with Gasteiger partial charge >= 0.3 is 6.18 Å². The van der Waals surface area contributed by atoms with Crippen molar-refractivity contribution in [2.75, 3.05) is 11.9 Å². The monoisotopic (exact) mass is 414 g/mol. The van der Waals surface area contributed by atoms with E-state index in [1.807, 2.05) is 0 Å². The van der Waals surface area contributed by atoms with Crippen molar-refractivity contribution < 1.29 is 27.6 Å². The molecule has 1 unspecified atom stereocenters. The van der Waals surface area contributed by atoms with E-state index in [0.717, 1.165) is 11.8 Å². The lowest BCUT2D eigenvalue weighted by atomic mass is 10.2. The van der Waals surface area contributed by atoms with Crippen molar-refractivity contribution in [1.29, 1.82) is 0 Å². The number of nitrogens with zero attached hydrogens (tertiary/aromatic N) is 1. The third-order valence-electron chi connectivity index (χ3n) is 3.52. The number of halogens is 3. The molecule has 0 aromatic heterocycles. The molecule has 6 nitrogen and oxygen atoms in total. The van der Waals surface area contributed by atoms with E-state index in [0.29, 0.717) is 10.5 Å². The fraction of sp³-hybridized carbons (Fsp3) is 0.278. The Hall–Kier alpha value is -2.75. The summed E-state index contributed by atoms with van der Waals surface area (Å²) in [5.41, 5.74) is 0.757. The smallest absolute Gasteiger partial charge is 0.422 e. The number of carbonyl (C=O) groups excluding carboxylic acids is 1. The van der Waals surface area contributed by atoms with Crippen LogP contribution in [0.15, 0.2) is 47.4 Å². The molecular formula is C18H17F3N2O4S. The van der Waals surface area contributed by atoms with Crippen molar-refractivity contribution in [2.24, 2.45) is 0 Å². The lowest BCUT2D eigenvalue weighted by Crippen LogP contribution is -2.24. The fourth-order valence-corrected chi connectivity index (χ4v) is 3.02. The van der Waals surface area contributed by atoms with Crippen LogP contribution >= 0.6 is 11.8 Å². The van der Waals surface area contributed by atoms with Gasteiger partial charge in [0.05, 0.1) is 15.9 Å². The first-order valence-corrected chi connectivity index (χ1v) is 8.95. The molecule has 10 heteroatoms. The van der Waals surface area contributed by atoms with Gasteiger partial charge in [0, 0.05) is 17.0 Å². The Balaban J connectivity index is 2.05. The molecule has 1 atom stereocenters. The van der Waals surface area contributed by atoms with Gasteiger partial charge in [-0.2, -0.15) is 13.2 Å². The van der Waals surface area contributed by atoms with E-state index in [1.54, 1.807) is 19.9 Å². The van der Waals surface area contributed by atoms with Crippen LogP contribution in [0, 0.1) is 17.0 Å². The zero-order valence-corrected chi connectivity index (χ0v) is 15.8. The van der Waals surface area contributed by atoms with Crippen LogP contribution in [-0.4, -0.2) is 28.9 Å². The Morgan fingerprint density at radius 2 is 1.89 bits per heavy atom. The van der Waals surface area contributed by atoms with E-state index < -0.39 is 28.9 Å². The molecule has 0 saturated carbocycles. The molecule has 0 fully saturated rings. The highest BCUT2D eigenvalue weighted by Gasteiger charge is 2.29. The van der Waals surface area contributed by atoms with Crippen LogP contribution in [0.4, 0.5) is 24.5 Å². The van der Waals surface area contributed by atoms with Gasteiger partial charge in [-0.1, -0.05) is 6.07 Å². The lowest BCUT2D eigenvalue weighted by Gasteiger charge is -2.16. The molecule has 28 heavy (non-hydrogen) atoms. The summed E-state index contributed by atoms with van der Waals surface area (Å²) in [7, 11) is 0. The first-order chi connectivity index (χ1) is 13.0. The van der Waals surface area contributed by atoms with Crippen LogP contribution in [0.5, 0.6) is 5.75 Å². The molecule has 0 bridgehead atoms. The maximum atomic E-state index is 12.4. The fourth-order valence-electron chi connectivity index (χ4n) is 2.15. The molecule has 0 heterocycles. The molecule has 1 amide bonds. The highest BCUT2D eigenvalue weighted by molar-refractivity contribution is 8.00. The van der Waals surface area contributed by atoms with Gasteiger partial charge in [-0.15, -0.1) is 11.8 Å². The molecule has 1 N–H and O–H groups in total. The average Bonchev–Trinajstić information content (AvgIpc) is 2.61. The Bertz CT molecular complexity index is 857. The minimum Gasteiger partial charge on any atom is -0.482 e. The number of aryl methyl sites for hydroxylation is 1. The summed E-state index contributed by atoms with van der Waals surface area (Å²) in [4.78, 5) is 23.2. The molecular weight excluding hydrogens is 397 g/mol. The number of hydrogen-bond acceptors (Lipinski definition) is 5. The number of thioether (sulfide) groups is 1. The van der Waals surface area contributed by atoms with E-state index >= 15 is 0 Å². The Morgan fingerprint density at radius 1 is 1.25 bits per heavy atom. The van der Waals surface area contributed by atoms with Gasteiger partial charge in [-0.25, -0.2) is 0 Å². The minimum absolute atomic E-state index is 0.0624. The quantitative estimate of drug-likeness (QED) is 0.393. The maximum absolute atomic E-state index is 12.4. The maximum Gasteiger partial charge on any atom is 0.422 e. The Labute approximate surface area is 163 Å². The van der Waals surface area contributed by atoms with E-state index in [4.69, 9.17) is 4.74 Å². The number of alkyl halides is 3. The molecule has 2 aromatic rings. The van der Waals surface area contributed by atoms with Crippen LogP contribution in [0.2, 0.25) is 0 Å². The third kappa shape index (κ3) is 6.45. The first kappa shape index (κ1) is 21.5. The SMILES string of the molecule is Cc1ccc(NC(=O)C(C)Sc2ccc([N+](=O)[O-])cc2)c(OCC(F)(F)F)c1. The summed E-state index contributed by atoms with van der Waals surface area (Å²) in [6.07, 6.45) is -4.50. The summed E-state index contributed by atoms with van der Waals surface area (Å²) in [6.45, 7) is 1.84. The van der Waals surface area contributed by atoms with Crippen molar-refractivity contribution in [3.8, 4) is 5.75 Å². The number of carbonyl (C=O) groups is 1. The summed E-state index contributed by atoms with van der Waals surface area (Å²) in [6, 6.07) is 10.2. The van der Waals surface area contributed by atoms with Gasteiger partial charge in [-0.3, -0.25) is 14.9 Å². The number of anilines is 1. The van der Waals surface area contributed by atoms with Crippen LogP contribution in [0.25, 0.3) is 0 Å². The number of hydrogen-bond donors (Lipinski definition) is 1. The van der Waals surface area contributed by atoms with Crippen LogP contribution in [0.3, 0.4) is 0 Å². The Morgan fingerprint density at radius 3 is 2.46 bits per heavy atom. The number of ether oxygens (including phenoxy) is 1. The van der Waals surface area contributed by atoms with Crippen LogP contribution < -0.4 is 10.1 Å². The second-order valence-corrected chi connectivity index (χ2v) is 7.32. The van der Waals surface area contributed by atoms with Gasteiger partial charge in [-0.05, 0) is 43.7 Å². The number of rotatable bonds is 7. The zero-order valence-electron chi connectivity index (χ0n) is 14.9. The number of nitro groups is 1. The van der Waals surface area contributed by atoms with Crippen molar-refractivity contribution in [2.45, 2.75) is 30.2 Å². The summed E-state index contributed by atoms with van der Waals surface area (Å²) in [5, 5.41) is 12.6. The summed E-state index contributed by atoms with van der Waals surface area (Å²) < 4.78 is 42.1. The van der Waals surface area contributed by atoms with Gasteiger partial charge in [0.25, 0.3) is 5.69 Å². The van der Waals surface area contributed by atoms with E-state index in [2.05, 4.69) is 5.32 Å². The molecule has 0 radical (unpaired) electrons. The summed E-state index contributed by atoms with van der Waals surface area (Å²) >= 11 is 1.16. The molecule has 0 aliphatic carbocycles. The molecule has 150 valence electrons. The van der Waals surface area contributed by atoms with E-state index in [9.17, 15) is 28.1 Å². The number of amides is 1. The first-order valence-electron chi connectivity index (χ1n) is 8.07. The van der Waals surface area contributed by atoms with Gasteiger partial charge in [0.2, 0.25) is 5.91 Å². The molecule has 0 spiro atoms. The number of non-ortho nitro benzene ring substituents is 1. The number of nitro benzene ring substituents is 1. The number of nitrogens with one attached hydrogen (secondary N) is 1. The standard InChI is InChI=1S/C18H17F3N2O4S/c1-11-3-8-15(16(9-11)27-10-18(19,20)21)22-17(24)12(2)28-14-6-4-13(5-7-14)23(25)26/h3-9,12H,10H2,1-2H3,(H,22,24). The van der Waals surface area contributed by atoms with Crippen molar-refractivity contribution in [3.05, 3.63) is 58.1 Å². The van der Waals surface area contributed by atoms with Crippen LogP contribution in [0.1, 0.15) is 12.5 Å². The highest BCUT2D eigenvalue weighted by atomic mass is 32.2. The largest absolute Gasteiger partial charge is 0.482 e. The minimum atomic E-state index is -4.50. The van der Waals surface area contributed by atoms with E-state index in [1.165, 1.54) is 36.4 Å².